The van der Waals surface area contributed by atoms with Gasteiger partial charge in [-0.2, -0.15) is 0 Å². The minimum Gasteiger partial charge on any atom is -0.338 e. The molecule has 0 aromatic heterocycles. The van der Waals surface area contributed by atoms with Crippen molar-refractivity contribution >= 4 is 6.03 Å². The Bertz CT molecular complexity index is 197. The standard InChI is InChI=1S/C9H19N3O/c1-4-11-8(13)12-5-9(10,6-12)7(2)3/h7H,4-6,10H2,1-3H3,(H,11,13). The molecular formula is C9H19N3O. The van der Waals surface area contributed by atoms with E-state index in [1.165, 1.54) is 0 Å². The zero-order valence-corrected chi connectivity index (χ0v) is 8.63. The normalized spacial score (nSPS) is 19.9. The summed E-state index contributed by atoms with van der Waals surface area (Å²) in [5.41, 5.74) is 5.89. The molecule has 1 saturated heterocycles. The molecule has 0 saturated carbocycles. The minimum absolute atomic E-state index is 0.00391. The molecule has 0 bridgehead atoms. The molecule has 1 rings (SSSR count). The molecular weight excluding hydrogens is 166 g/mol. The number of urea groups is 1. The molecule has 0 spiro atoms. The molecule has 13 heavy (non-hydrogen) atoms. The first kappa shape index (κ1) is 10.3. The first-order valence-electron chi connectivity index (χ1n) is 4.81. The smallest absolute Gasteiger partial charge is 0.317 e. The van der Waals surface area contributed by atoms with Crippen LogP contribution in [0, 0.1) is 5.92 Å². The fraction of sp³-hybridized carbons (Fsp3) is 0.889. The van der Waals surface area contributed by atoms with Gasteiger partial charge in [0.1, 0.15) is 0 Å². The highest BCUT2D eigenvalue weighted by atomic mass is 16.2. The average molecular weight is 185 g/mol. The van der Waals surface area contributed by atoms with E-state index in [-0.39, 0.29) is 11.6 Å². The van der Waals surface area contributed by atoms with Crippen LogP contribution in [0.4, 0.5) is 4.79 Å². The van der Waals surface area contributed by atoms with E-state index in [1.807, 2.05) is 6.92 Å². The summed E-state index contributed by atoms with van der Waals surface area (Å²) in [5, 5.41) is 2.76. The van der Waals surface area contributed by atoms with E-state index in [1.54, 1.807) is 4.90 Å². The number of carbonyl (C=O) groups excluding carboxylic acids is 1. The summed E-state index contributed by atoms with van der Waals surface area (Å²) >= 11 is 0. The van der Waals surface area contributed by atoms with Crippen LogP contribution in [0.3, 0.4) is 0 Å². The topological polar surface area (TPSA) is 58.4 Å². The zero-order chi connectivity index (χ0) is 10.1. The molecule has 0 aromatic rings. The van der Waals surface area contributed by atoms with Gasteiger partial charge in [0.25, 0.3) is 0 Å². The van der Waals surface area contributed by atoms with Gasteiger partial charge in [-0.05, 0) is 12.8 Å². The first-order valence-corrected chi connectivity index (χ1v) is 4.81. The second-order valence-electron chi connectivity index (χ2n) is 4.08. The van der Waals surface area contributed by atoms with Gasteiger partial charge < -0.3 is 16.0 Å². The van der Waals surface area contributed by atoms with Gasteiger partial charge in [-0.15, -0.1) is 0 Å². The zero-order valence-electron chi connectivity index (χ0n) is 8.63. The van der Waals surface area contributed by atoms with Gasteiger partial charge in [-0.1, -0.05) is 13.8 Å². The summed E-state index contributed by atoms with van der Waals surface area (Å²) < 4.78 is 0. The highest BCUT2D eigenvalue weighted by molar-refractivity contribution is 5.75. The molecule has 0 aliphatic carbocycles. The Balaban J connectivity index is 2.36. The Hall–Kier alpha value is -0.770. The lowest BCUT2D eigenvalue weighted by Crippen LogP contribution is -2.72. The summed E-state index contributed by atoms with van der Waals surface area (Å²) in [6, 6.07) is 0.00391. The van der Waals surface area contributed by atoms with Crippen LogP contribution in [-0.2, 0) is 0 Å². The molecule has 1 heterocycles. The lowest BCUT2D eigenvalue weighted by Gasteiger charge is -2.50. The molecule has 0 aromatic carbocycles. The number of nitrogens with one attached hydrogen (secondary N) is 1. The number of carbonyl (C=O) groups is 1. The van der Waals surface area contributed by atoms with Gasteiger partial charge in [0.15, 0.2) is 0 Å². The Kier molecular flexibility index (Phi) is 2.81. The van der Waals surface area contributed by atoms with E-state index in [4.69, 9.17) is 5.73 Å². The van der Waals surface area contributed by atoms with Gasteiger partial charge in [0, 0.05) is 19.6 Å². The SMILES string of the molecule is CCNC(=O)N1CC(N)(C(C)C)C1. The van der Waals surface area contributed by atoms with Gasteiger partial charge in [0.05, 0.1) is 5.54 Å². The third-order valence-electron chi connectivity index (χ3n) is 2.74. The van der Waals surface area contributed by atoms with E-state index >= 15 is 0 Å². The third kappa shape index (κ3) is 1.94. The maximum absolute atomic E-state index is 11.3. The number of hydrogen-bond donors (Lipinski definition) is 2. The molecule has 3 N–H and O–H groups in total. The fourth-order valence-corrected chi connectivity index (χ4v) is 1.44. The van der Waals surface area contributed by atoms with E-state index in [9.17, 15) is 4.79 Å². The largest absolute Gasteiger partial charge is 0.338 e. The Morgan fingerprint density at radius 3 is 2.54 bits per heavy atom. The summed E-state index contributed by atoms with van der Waals surface area (Å²) in [6.45, 7) is 8.13. The predicted molar refractivity (Wildman–Crippen MR) is 52.4 cm³/mol. The van der Waals surface area contributed by atoms with Crippen molar-refractivity contribution in [1.29, 1.82) is 0 Å². The van der Waals surface area contributed by atoms with Crippen LogP contribution in [0.15, 0.2) is 0 Å². The van der Waals surface area contributed by atoms with Crippen LogP contribution in [-0.4, -0.2) is 36.1 Å². The molecule has 76 valence electrons. The molecule has 1 fully saturated rings. The van der Waals surface area contributed by atoms with Crippen molar-refractivity contribution in [2.75, 3.05) is 19.6 Å². The van der Waals surface area contributed by atoms with Crippen LogP contribution >= 0.6 is 0 Å². The third-order valence-corrected chi connectivity index (χ3v) is 2.74. The van der Waals surface area contributed by atoms with Gasteiger partial charge >= 0.3 is 6.03 Å². The number of hydrogen-bond acceptors (Lipinski definition) is 2. The van der Waals surface area contributed by atoms with Gasteiger partial charge in [-0.25, -0.2) is 4.79 Å². The molecule has 4 nitrogen and oxygen atoms in total. The Labute approximate surface area is 79.5 Å². The summed E-state index contributed by atoms with van der Waals surface area (Å²) in [6.07, 6.45) is 0. The van der Waals surface area contributed by atoms with Crippen molar-refractivity contribution in [2.45, 2.75) is 26.3 Å². The second-order valence-corrected chi connectivity index (χ2v) is 4.08. The highest BCUT2D eigenvalue weighted by Crippen LogP contribution is 2.25. The minimum atomic E-state index is -0.162. The Morgan fingerprint density at radius 2 is 2.15 bits per heavy atom. The van der Waals surface area contributed by atoms with Crippen LogP contribution < -0.4 is 11.1 Å². The fourth-order valence-electron chi connectivity index (χ4n) is 1.44. The molecule has 2 amide bonds. The number of rotatable bonds is 2. The van der Waals surface area contributed by atoms with Crippen molar-refractivity contribution in [1.82, 2.24) is 10.2 Å². The monoisotopic (exact) mass is 185 g/mol. The lowest BCUT2D eigenvalue weighted by atomic mass is 9.80. The van der Waals surface area contributed by atoms with Crippen molar-refractivity contribution < 1.29 is 4.79 Å². The number of nitrogens with two attached hydrogens (primary N) is 1. The first-order chi connectivity index (χ1) is 5.99. The molecule has 0 atom stereocenters. The second kappa shape index (κ2) is 3.54. The highest BCUT2D eigenvalue weighted by Gasteiger charge is 2.43. The van der Waals surface area contributed by atoms with Crippen molar-refractivity contribution in [3.63, 3.8) is 0 Å². The lowest BCUT2D eigenvalue weighted by molar-refractivity contribution is 0.0658. The number of likely N-dealkylation sites (tertiary alicyclic amines) is 1. The van der Waals surface area contributed by atoms with E-state index < -0.39 is 0 Å². The van der Waals surface area contributed by atoms with Gasteiger partial charge in [-0.3, -0.25) is 0 Å². The van der Waals surface area contributed by atoms with Crippen LogP contribution in [0.2, 0.25) is 0 Å². The molecule has 0 radical (unpaired) electrons. The maximum Gasteiger partial charge on any atom is 0.317 e. The van der Waals surface area contributed by atoms with Crippen molar-refractivity contribution in [3.8, 4) is 0 Å². The maximum atomic E-state index is 11.3. The number of nitrogens with zero attached hydrogens (tertiary/aromatic N) is 1. The van der Waals surface area contributed by atoms with Crippen LogP contribution in [0.5, 0.6) is 0 Å². The predicted octanol–water partition coefficient (Wildman–Crippen LogP) is 0.385. The average Bonchev–Trinajstić information content (AvgIpc) is 1.98. The quantitative estimate of drug-likeness (QED) is 0.653. The summed E-state index contributed by atoms with van der Waals surface area (Å²) in [7, 11) is 0. The summed E-state index contributed by atoms with van der Waals surface area (Å²) in [5.74, 6) is 0.429. The molecule has 1 aliphatic rings. The van der Waals surface area contributed by atoms with Crippen LogP contribution in [0.25, 0.3) is 0 Å². The molecule has 1 aliphatic heterocycles. The van der Waals surface area contributed by atoms with Crippen LogP contribution in [0.1, 0.15) is 20.8 Å². The van der Waals surface area contributed by atoms with Crippen molar-refractivity contribution in [2.24, 2.45) is 11.7 Å². The van der Waals surface area contributed by atoms with E-state index in [2.05, 4.69) is 19.2 Å². The van der Waals surface area contributed by atoms with Gasteiger partial charge in [0.2, 0.25) is 0 Å². The summed E-state index contributed by atoms with van der Waals surface area (Å²) in [4.78, 5) is 13.0. The molecule has 4 heteroatoms. The molecule has 0 unspecified atom stereocenters. The van der Waals surface area contributed by atoms with Crippen molar-refractivity contribution in [3.05, 3.63) is 0 Å². The number of amides is 2. The Morgan fingerprint density at radius 1 is 1.62 bits per heavy atom. The van der Waals surface area contributed by atoms with E-state index in [0.717, 1.165) is 0 Å². The van der Waals surface area contributed by atoms with E-state index in [0.29, 0.717) is 25.6 Å².